The normalized spacial score (nSPS) is 16.9. The summed E-state index contributed by atoms with van der Waals surface area (Å²) in [7, 11) is 0. The molecule has 0 amide bonds. The van der Waals surface area contributed by atoms with Crippen molar-refractivity contribution in [1.29, 1.82) is 0 Å². The number of nitrogens with zero attached hydrogens (tertiary/aromatic N) is 3. The molecule has 1 fully saturated rings. The number of aromatic nitrogens is 2. The summed E-state index contributed by atoms with van der Waals surface area (Å²) in [5.74, 6) is 2.74. The number of piperidine rings is 1. The fraction of sp³-hybridized carbons (Fsp3) is 0.692. The minimum absolute atomic E-state index is 0.151. The molecule has 2 N–H and O–H groups in total. The average molecular weight is 250 g/mol. The summed E-state index contributed by atoms with van der Waals surface area (Å²) < 4.78 is 0. The third-order valence-electron chi connectivity index (χ3n) is 3.22. The number of aliphatic hydroxyl groups excluding tert-OH is 1. The average Bonchev–Trinajstić information content (AvgIpc) is 2.39. The highest BCUT2D eigenvalue weighted by atomic mass is 16.3. The molecule has 0 bridgehead atoms. The van der Waals surface area contributed by atoms with Gasteiger partial charge in [0.05, 0.1) is 6.10 Å². The van der Waals surface area contributed by atoms with Crippen LogP contribution >= 0.6 is 0 Å². The van der Waals surface area contributed by atoms with Crippen LogP contribution in [0.4, 0.5) is 11.6 Å². The van der Waals surface area contributed by atoms with Gasteiger partial charge in [-0.05, 0) is 19.8 Å². The van der Waals surface area contributed by atoms with Crippen LogP contribution < -0.4 is 10.2 Å². The minimum atomic E-state index is -0.151. The van der Waals surface area contributed by atoms with E-state index in [2.05, 4.69) is 34.0 Å². The number of aryl methyl sites for hydroxylation is 1. The van der Waals surface area contributed by atoms with Crippen molar-refractivity contribution in [3.8, 4) is 0 Å². The second-order valence-corrected chi connectivity index (χ2v) is 4.63. The van der Waals surface area contributed by atoms with E-state index in [1.54, 1.807) is 0 Å². The smallest absolute Gasteiger partial charge is 0.134 e. The molecule has 5 heteroatoms. The van der Waals surface area contributed by atoms with Crippen molar-refractivity contribution in [3.05, 3.63) is 11.9 Å². The zero-order valence-corrected chi connectivity index (χ0v) is 11.2. The summed E-state index contributed by atoms with van der Waals surface area (Å²) in [5, 5.41) is 12.8. The Balaban J connectivity index is 2.17. The van der Waals surface area contributed by atoms with Gasteiger partial charge in [0.15, 0.2) is 0 Å². The van der Waals surface area contributed by atoms with Gasteiger partial charge in [-0.25, -0.2) is 9.97 Å². The number of aliphatic hydroxyl groups is 1. The van der Waals surface area contributed by atoms with Crippen LogP contribution in [-0.2, 0) is 6.42 Å². The van der Waals surface area contributed by atoms with E-state index < -0.39 is 0 Å². The van der Waals surface area contributed by atoms with Crippen LogP contribution in [0.5, 0.6) is 0 Å². The van der Waals surface area contributed by atoms with E-state index in [-0.39, 0.29) is 6.10 Å². The van der Waals surface area contributed by atoms with Gasteiger partial charge in [0.2, 0.25) is 0 Å². The van der Waals surface area contributed by atoms with Gasteiger partial charge >= 0.3 is 0 Å². The first-order valence-electron chi connectivity index (χ1n) is 6.77. The van der Waals surface area contributed by atoms with E-state index in [9.17, 15) is 5.11 Å². The molecule has 1 aromatic rings. The van der Waals surface area contributed by atoms with E-state index >= 15 is 0 Å². The van der Waals surface area contributed by atoms with E-state index in [1.165, 1.54) is 0 Å². The summed E-state index contributed by atoms with van der Waals surface area (Å²) in [4.78, 5) is 11.3. The predicted octanol–water partition coefficient (Wildman–Crippen LogP) is 1.43. The molecule has 2 heterocycles. The predicted molar refractivity (Wildman–Crippen MR) is 73.0 cm³/mol. The molecule has 0 aliphatic carbocycles. The first kappa shape index (κ1) is 13.1. The Morgan fingerprint density at radius 3 is 2.67 bits per heavy atom. The summed E-state index contributed by atoms with van der Waals surface area (Å²) in [5.41, 5.74) is 0. The van der Waals surface area contributed by atoms with Crippen molar-refractivity contribution in [3.63, 3.8) is 0 Å². The van der Waals surface area contributed by atoms with Gasteiger partial charge in [0.1, 0.15) is 17.5 Å². The number of nitrogens with one attached hydrogen (secondary N) is 1. The lowest BCUT2D eigenvalue weighted by atomic mass is 10.1. The van der Waals surface area contributed by atoms with Crippen LogP contribution in [0.1, 0.15) is 32.5 Å². The largest absolute Gasteiger partial charge is 0.393 e. The Morgan fingerprint density at radius 2 is 2.06 bits per heavy atom. The van der Waals surface area contributed by atoms with Crippen molar-refractivity contribution in [2.75, 3.05) is 29.9 Å². The van der Waals surface area contributed by atoms with Crippen molar-refractivity contribution in [2.45, 2.75) is 39.2 Å². The Labute approximate surface area is 108 Å². The fourth-order valence-corrected chi connectivity index (χ4v) is 2.17. The van der Waals surface area contributed by atoms with Crippen LogP contribution in [0.2, 0.25) is 0 Å². The molecule has 1 aliphatic heterocycles. The SMILES string of the molecule is CCNc1cc(N2CCC(O)CC2)nc(CC)n1. The van der Waals surface area contributed by atoms with Crippen LogP contribution in [0.15, 0.2) is 6.07 Å². The van der Waals surface area contributed by atoms with Crippen molar-refractivity contribution in [1.82, 2.24) is 9.97 Å². The van der Waals surface area contributed by atoms with Crippen molar-refractivity contribution in [2.24, 2.45) is 0 Å². The second kappa shape index (κ2) is 6.00. The lowest BCUT2D eigenvalue weighted by molar-refractivity contribution is 0.145. The maximum atomic E-state index is 9.54. The van der Waals surface area contributed by atoms with Gasteiger partial charge in [-0.3, -0.25) is 0 Å². The molecule has 0 unspecified atom stereocenters. The molecule has 2 rings (SSSR count). The summed E-state index contributed by atoms with van der Waals surface area (Å²) in [6, 6.07) is 2.00. The summed E-state index contributed by atoms with van der Waals surface area (Å²) >= 11 is 0. The highest BCUT2D eigenvalue weighted by Gasteiger charge is 2.19. The second-order valence-electron chi connectivity index (χ2n) is 4.63. The maximum Gasteiger partial charge on any atom is 0.134 e. The summed E-state index contributed by atoms with van der Waals surface area (Å²) in [6.07, 6.45) is 2.33. The van der Waals surface area contributed by atoms with E-state index in [0.717, 1.165) is 56.4 Å². The first-order chi connectivity index (χ1) is 8.72. The molecule has 5 nitrogen and oxygen atoms in total. The topological polar surface area (TPSA) is 61.3 Å². The zero-order valence-electron chi connectivity index (χ0n) is 11.2. The highest BCUT2D eigenvalue weighted by molar-refractivity contribution is 5.49. The third-order valence-corrected chi connectivity index (χ3v) is 3.22. The lowest BCUT2D eigenvalue weighted by Gasteiger charge is -2.30. The molecule has 0 spiro atoms. The zero-order chi connectivity index (χ0) is 13.0. The van der Waals surface area contributed by atoms with E-state index in [4.69, 9.17) is 0 Å². The molecular formula is C13H22N4O. The van der Waals surface area contributed by atoms with Gasteiger partial charge in [-0.1, -0.05) is 6.92 Å². The van der Waals surface area contributed by atoms with Crippen LogP contribution in [0.3, 0.4) is 0 Å². The van der Waals surface area contributed by atoms with Gasteiger partial charge in [0, 0.05) is 32.1 Å². The maximum absolute atomic E-state index is 9.54. The third kappa shape index (κ3) is 3.10. The number of hydrogen-bond acceptors (Lipinski definition) is 5. The lowest BCUT2D eigenvalue weighted by Crippen LogP contribution is -2.36. The monoisotopic (exact) mass is 250 g/mol. The Bertz CT molecular complexity index is 389. The van der Waals surface area contributed by atoms with Gasteiger partial charge in [0.25, 0.3) is 0 Å². The van der Waals surface area contributed by atoms with Crippen molar-refractivity contribution < 1.29 is 5.11 Å². The molecule has 0 atom stereocenters. The minimum Gasteiger partial charge on any atom is -0.393 e. The molecule has 0 saturated carbocycles. The van der Waals surface area contributed by atoms with Gasteiger partial charge in [-0.2, -0.15) is 0 Å². The fourth-order valence-electron chi connectivity index (χ4n) is 2.17. The van der Waals surface area contributed by atoms with Gasteiger partial charge in [-0.15, -0.1) is 0 Å². The molecule has 1 aromatic heterocycles. The Hall–Kier alpha value is -1.36. The quantitative estimate of drug-likeness (QED) is 0.846. The number of rotatable bonds is 4. The molecular weight excluding hydrogens is 228 g/mol. The van der Waals surface area contributed by atoms with E-state index in [1.807, 2.05) is 6.07 Å². The number of anilines is 2. The Morgan fingerprint density at radius 1 is 1.33 bits per heavy atom. The highest BCUT2D eigenvalue weighted by Crippen LogP contribution is 2.20. The van der Waals surface area contributed by atoms with Crippen molar-refractivity contribution >= 4 is 11.6 Å². The van der Waals surface area contributed by atoms with Gasteiger partial charge < -0.3 is 15.3 Å². The first-order valence-corrected chi connectivity index (χ1v) is 6.77. The number of hydrogen-bond donors (Lipinski definition) is 2. The Kier molecular flexibility index (Phi) is 4.36. The van der Waals surface area contributed by atoms with E-state index in [0.29, 0.717) is 0 Å². The molecule has 100 valence electrons. The molecule has 1 aliphatic rings. The summed E-state index contributed by atoms with van der Waals surface area (Å²) in [6.45, 7) is 6.72. The van der Waals surface area contributed by atoms with Crippen LogP contribution in [-0.4, -0.2) is 40.8 Å². The standard InChI is InChI=1S/C13H22N4O/c1-3-11-15-12(14-4-2)9-13(16-11)17-7-5-10(18)6-8-17/h9-10,18H,3-8H2,1-2H3,(H,14,15,16). The molecule has 18 heavy (non-hydrogen) atoms. The van der Waals surface area contributed by atoms with Crippen LogP contribution in [0, 0.1) is 0 Å². The molecule has 0 radical (unpaired) electrons. The molecule has 1 saturated heterocycles. The molecule has 0 aromatic carbocycles. The van der Waals surface area contributed by atoms with Crippen LogP contribution in [0.25, 0.3) is 0 Å².